The number of carbonyl (C=O) groups is 1. The number of carboxylic acids is 1. The molecule has 8 nitrogen and oxygen atoms in total. The van der Waals surface area contributed by atoms with Gasteiger partial charge in [0.25, 0.3) is 0 Å². The van der Waals surface area contributed by atoms with E-state index >= 15 is 0 Å². The summed E-state index contributed by atoms with van der Waals surface area (Å²) in [5.41, 5.74) is -1.48. The summed E-state index contributed by atoms with van der Waals surface area (Å²) in [6, 6.07) is 0. The average Bonchev–Trinajstić information content (AvgIpc) is 1.95. The van der Waals surface area contributed by atoms with Crippen LogP contribution in [0, 0.1) is 10.1 Å². The van der Waals surface area contributed by atoms with Gasteiger partial charge in [-0.1, -0.05) is 0 Å². The summed E-state index contributed by atoms with van der Waals surface area (Å²) in [5, 5.41) is 26.8. The number of carbonyl (C=O) groups excluding carboxylic acids is 1. The van der Waals surface area contributed by atoms with E-state index in [1.54, 1.807) is 0 Å². The second kappa shape index (κ2) is 9.21. The highest BCUT2D eigenvalue weighted by Crippen LogP contribution is 1.84. The summed E-state index contributed by atoms with van der Waals surface area (Å²) in [6.45, 7) is 0. The third-order valence-electron chi connectivity index (χ3n) is 0.482. The molecule has 0 atom stereocenters. The van der Waals surface area contributed by atoms with E-state index in [0.29, 0.717) is 0 Å². The predicted octanol–water partition coefficient (Wildman–Crippen LogP) is -1.22. The lowest BCUT2D eigenvalue weighted by Gasteiger charge is -2.14. The van der Waals surface area contributed by atoms with E-state index in [0.717, 1.165) is 14.8 Å². The van der Waals surface area contributed by atoms with Crippen LogP contribution in [0.25, 0.3) is 5.41 Å². The Hall–Kier alpha value is -1.76. The van der Waals surface area contributed by atoms with E-state index in [2.05, 4.69) is 56.4 Å². The molecule has 0 unspecified atom stereocenters. The van der Waals surface area contributed by atoms with Crippen LogP contribution >= 0.6 is 0 Å². The fraction of sp³-hybridized carbons (Fsp3) is 0.727. The molecule has 0 radical (unpaired) electrons. The van der Waals surface area contributed by atoms with Gasteiger partial charge in [0, 0.05) is 0 Å². The second-order valence-electron chi connectivity index (χ2n) is 6.37. The smallest absolute Gasteiger partial charge is 0.311 e. The van der Waals surface area contributed by atoms with Crippen LogP contribution in [-0.4, -0.2) is 82.1 Å². The molecule has 8 heteroatoms. The number of quaternary nitrogens is 2. The van der Waals surface area contributed by atoms with Crippen LogP contribution in [0.3, 0.4) is 0 Å². The molecule has 0 aliphatic rings. The SMILES string of the molecule is C[N+](C)(C)C.C[N+](C)(C)C.[N-]=C=C(C(=O)[O-])[N+](=O)[O-]. The number of hydrogen-bond donors (Lipinski definition) is 0. The van der Waals surface area contributed by atoms with Crippen LogP contribution in [0.2, 0.25) is 0 Å². The summed E-state index contributed by atoms with van der Waals surface area (Å²) in [7, 11) is 17.0. The number of hydrogen-bond acceptors (Lipinski definition) is 4. The Morgan fingerprint density at radius 1 is 1.00 bits per heavy atom. The van der Waals surface area contributed by atoms with E-state index in [-0.39, 0.29) is 0 Å². The Labute approximate surface area is 114 Å². The van der Waals surface area contributed by atoms with Crippen LogP contribution in [0.1, 0.15) is 0 Å². The van der Waals surface area contributed by atoms with Crippen molar-refractivity contribution in [2.75, 3.05) is 56.4 Å². The van der Waals surface area contributed by atoms with Gasteiger partial charge in [-0.25, -0.2) is 0 Å². The standard InChI is InChI=1S/2C4H12N.C3HN2O4/c2*1-5(2,3)4;4-1-2(3(6)7)5(8)9/h2*1-4H3;(H,6,7)/q2*+1;-1/p-1. The van der Waals surface area contributed by atoms with Gasteiger partial charge in [-0.15, -0.1) is 0 Å². The minimum atomic E-state index is -2.07. The average molecular weight is 276 g/mol. The summed E-state index contributed by atoms with van der Waals surface area (Å²) in [4.78, 5) is 17.7. The van der Waals surface area contributed by atoms with E-state index in [9.17, 15) is 20.0 Å². The summed E-state index contributed by atoms with van der Waals surface area (Å²) >= 11 is 0. The zero-order valence-electron chi connectivity index (χ0n) is 12.9. The third-order valence-corrected chi connectivity index (χ3v) is 0.482. The van der Waals surface area contributed by atoms with Crippen LogP contribution in [0.5, 0.6) is 0 Å². The molecule has 0 heterocycles. The Kier molecular flexibility index (Phi) is 10.9. The predicted molar refractivity (Wildman–Crippen MR) is 71.8 cm³/mol. The number of nitrogens with zero attached hydrogens (tertiary/aromatic N) is 4. The van der Waals surface area contributed by atoms with Gasteiger partial charge in [-0.3, -0.25) is 10.1 Å². The van der Waals surface area contributed by atoms with Gasteiger partial charge in [0.15, 0.2) is 5.97 Å². The van der Waals surface area contributed by atoms with Gasteiger partial charge in [-0.2, -0.15) is 5.87 Å². The van der Waals surface area contributed by atoms with Crippen molar-refractivity contribution in [1.82, 2.24) is 0 Å². The van der Waals surface area contributed by atoms with Gasteiger partial charge in [-0.05, 0) is 0 Å². The van der Waals surface area contributed by atoms with E-state index in [1.165, 1.54) is 0 Å². The first kappa shape index (κ1) is 22.4. The highest BCUT2D eigenvalue weighted by molar-refractivity contribution is 5.92. The number of aliphatic carboxylic acids is 1. The normalized spacial score (nSPS) is 9.89. The molecule has 19 heavy (non-hydrogen) atoms. The topological polar surface area (TPSA) is 106 Å². The molecule has 0 rings (SSSR count). The highest BCUT2D eigenvalue weighted by atomic mass is 16.6. The van der Waals surface area contributed by atoms with Crippen LogP contribution < -0.4 is 5.11 Å². The van der Waals surface area contributed by atoms with Crippen molar-refractivity contribution in [2.45, 2.75) is 0 Å². The van der Waals surface area contributed by atoms with E-state index in [4.69, 9.17) is 5.41 Å². The highest BCUT2D eigenvalue weighted by Gasteiger charge is 2.06. The maximum absolute atomic E-state index is 9.56. The molecule has 0 spiro atoms. The van der Waals surface area contributed by atoms with Crippen LogP contribution in [-0.2, 0) is 4.79 Å². The number of carboxylic acid groups (broad SMARTS) is 1. The summed E-state index contributed by atoms with van der Waals surface area (Å²) in [5.74, 6) is -1.21. The van der Waals surface area contributed by atoms with Crippen molar-refractivity contribution >= 4 is 11.8 Å². The van der Waals surface area contributed by atoms with Gasteiger partial charge < -0.3 is 24.3 Å². The van der Waals surface area contributed by atoms with Gasteiger partial charge >= 0.3 is 5.70 Å². The zero-order chi connectivity index (χ0) is 16.4. The summed E-state index contributed by atoms with van der Waals surface area (Å²) in [6.07, 6.45) is 0. The molecule has 0 fully saturated rings. The molecular formula is C11H24N4O4. The lowest BCUT2D eigenvalue weighted by Crippen LogP contribution is -2.28. The first-order valence-corrected chi connectivity index (χ1v) is 5.30. The van der Waals surface area contributed by atoms with Crippen molar-refractivity contribution in [3.05, 3.63) is 21.2 Å². The molecule has 0 amide bonds. The van der Waals surface area contributed by atoms with Crippen molar-refractivity contribution in [3.63, 3.8) is 0 Å². The molecule has 112 valence electrons. The Bertz CT molecular complexity index is 307. The molecule has 0 aromatic rings. The molecule has 0 N–H and O–H groups in total. The van der Waals surface area contributed by atoms with Gasteiger partial charge in [0.05, 0.1) is 61.3 Å². The Morgan fingerprint density at radius 2 is 1.21 bits per heavy atom. The van der Waals surface area contributed by atoms with Crippen LogP contribution in [0.4, 0.5) is 0 Å². The van der Waals surface area contributed by atoms with Crippen molar-refractivity contribution in [1.29, 1.82) is 0 Å². The number of nitro groups is 1. The van der Waals surface area contributed by atoms with Gasteiger partial charge in [0.1, 0.15) is 0 Å². The van der Waals surface area contributed by atoms with Crippen molar-refractivity contribution < 1.29 is 23.8 Å². The molecule has 0 aromatic carbocycles. The Morgan fingerprint density at radius 3 is 1.21 bits per heavy atom. The van der Waals surface area contributed by atoms with Crippen LogP contribution in [0.15, 0.2) is 5.70 Å². The fourth-order valence-electron chi connectivity index (χ4n) is 0.161. The minimum Gasteiger partial charge on any atom is -0.757 e. The lowest BCUT2D eigenvalue weighted by atomic mass is 10.5. The van der Waals surface area contributed by atoms with Crippen molar-refractivity contribution in [2.24, 2.45) is 0 Å². The molecule has 0 saturated heterocycles. The maximum Gasteiger partial charge on any atom is 0.311 e. The minimum absolute atomic E-state index is 0.856. The fourth-order valence-corrected chi connectivity index (χ4v) is 0.161. The quantitative estimate of drug-likeness (QED) is 0.207. The molecule has 0 aliphatic carbocycles. The molecule has 0 aliphatic heterocycles. The first-order chi connectivity index (χ1) is 8.09. The zero-order valence-corrected chi connectivity index (χ0v) is 12.9. The first-order valence-electron chi connectivity index (χ1n) is 5.30. The molecular weight excluding hydrogens is 252 g/mol. The van der Waals surface area contributed by atoms with Gasteiger partial charge in [0.2, 0.25) is 0 Å². The largest absolute Gasteiger partial charge is 0.757 e. The summed E-state index contributed by atoms with van der Waals surface area (Å²) < 4.78 is 2.00. The number of rotatable bonds is 2. The maximum atomic E-state index is 9.56. The molecule has 0 bridgehead atoms. The Balaban J connectivity index is -0.000000219. The molecule has 0 saturated carbocycles. The second-order valence-corrected chi connectivity index (χ2v) is 6.37. The van der Waals surface area contributed by atoms with E-state index in [1.807, 2.05) is 0 Å². The van der Waals surface area contributed by atoms with E-state index < -0.39 is 16.6 Å². The van der Waals surface area contributed by atoms with Crippen molar-refractivity contribution in [3.8, 4) is 0 Å². The molecule has 0 aromatic heterocycles. The third kappa shape index (κ3) is 48.5. The lowest BCUT2D eigenvalue weighted by molar-refractivity contribution is -0.849. The monoisotopic (exact) mass is 276 g/mol.